The first-order chi connectivity index (χ1) is 16.6. The van der Waals surface area contributed by atoms with E-state index >= 15 is 0 Å². The lowest BCUT2D eigenvalue weighted by Gasteiger charge is -2.18. The first-order valence-electron chi connectivity index (χ1n) is 10.6. The number of anilines is 1. The van der Waals surface area contributed by atoms with Gasteiger partial charge in [-0.05, 0) is 66.4 Å². The van der Waals surface area contributed by atoms with Crippen LogP contribution in [0.3, 0.4) is 0 Å². The lowest BCUT2D eigenvalue weighted by molar-refractivity contribution is -0.274. The number of benzene rings is 3. The Morgan fingerprint density at radius 1 is 0.943 bits per heavy atom. The van der Waals surface area contributed by atoms with Crippen LogP contribution in [0.25, 0.3) is 11.1 Å². The van der Waals surface area contributed by atoms with Crippen LogP contribution in [0.4, 0.5) is 18.9 Å². The third kappa shape index (κ3) is 4.46. The number of amides is 2. The molecule has 1 aliphatic carbocycles. The molecule has 1 fully saturated rings. The minimum Gasteiger partial charge on any atom is -0.454 e. The average Bonchev–Trinajstić information content (AvgIpc) is 3.50. The van der Waals surface area contributed by atoms with Gasteiger partial charge in [0.2, 0.25) is 12.7 Å². The second-order valence-corrected chi connectivity index (χ2v) is 8.27. The van der Waals surface area contributed by atoms with E-state index in [0.717, 1.165) is 11.6 Å². The zero-order chi connectivity index (χ0) is 24.8. The molecule has 10 heteroatoms. The van der Waals surface area contributed by atoms with Gasteiger partial charge in [-0.15, -0.1) is 13.2 Å². The minimum atomic E-state index is -4.92. The van der Waals surface area contributed by atoms with Crippen LogP contribution in [0.15, 0.2) is 60.7 Å². The van der Waals surface area contributed by atoms with Crippen molar-refractivity contribution >= 4 is 17.5 Å². The smallest absolute Gasteiger partial charge is 0.454 e. The summed E-state index contributed by atoms with van der Waals surface area (Å²) in [4.78, 5) is 24.5. The number of halogens is 3. The molecule has 35 heavy (non-hydrogen) atoms. The Hall–Kier alpha value is -4.21. The summed E-state index contributed by atoms with van der Waals surface area (Å²) in [5, 5.41) is 2.81. The molecule has 2 amide bonds. The molecule has 1 saturated carbocycles. The Morgan fingerprint density at radius 2 is 1.66 bits per heavy atom. The first kappa shape index (κ1) is 22.6. The number of alkyl halides is 3. The Labute approximate surface area is 197 Å². The number of rotatable bonds is 6. The summed E-state index contributed by atoms with van der Waals surface area (Å²) in [5.41, 5.74) is 7.94. The summed E-state index contributed by atoms with van der Waals surface area (Å²) >= 11 is 0. The molecule has 3 aromatic rings. The van der Waals surface area contributed by atoms with Crippen LogP contribution in [0.2, 0.25) is 0 Å². The Morgan fingerprint density at radius 3 is 2.31 bits per heavy atom. The van der Waals surface area contributed by atoms with Crippen molar-refractivity contribution in [1.29, 1.82) is 0 Å². The van der Waals surface area contributed by atoms with Crippen molar-refractivity contribution in [3.05, 3.63) is 71.8 Å². The monoisotopic (exact) mass is 483 g/mol. The second kappa shape index (κ2) is 8.23. The predicted octanol–water partition coefficient (Wildman–Crippen LogP) is 5.07. The van der Waals surface area contributed by atoms with E-state index in [1.54, 1.807) is 18.2 Å². The van der Waals surface area contributed by atoms with Gasteiger partial charge in [0.25, 0.3) is 5.91 Å². The molecule has 0 saturated heterocycles. The molecule has 0 unspecified atom stereocenters. The zero-order valence-electron chi connectivity index (χ0n) is 18.1. The van der Waals surface area contributed by atoms with Gasteiger partial charge in [-0.25, -0.2) is 0 Å². The zero-order valence-corrected chi connectivity index (χ0v) is 18.1. The second-order valence-electron chi connectivity index (χ2n) is 8.27. The van der Waals surface area contributed by atoms with E-state index < -0.39 is 23.4 Å². The number of ether oxygens (including phenoxy) is 3. The fourth-order valence-corrected chi connectivity index (χ4v) is 4.06. The highest BCUT2D eigenvalue weighted by atomic mass is 19.4. The third-order valence-electron chi connectivity index (χ3n) is 6.03. The minimum absolute atomic E-state index is 0.0667. The number of hydrogen-bond acceptors (Lipinski definition) is 5. The van der Waals surface area contributed by atoms with Crippen LogP contribution in [0.5, 0.6) is 17.2 Å². The summed E-state index contributed by atoms with van der Waals surface area (Å²) in [7, 11) is 0. The maximum absolute atomic E-state index is 13.2. The molecule has 5 rings (SSSR count). The van der Waals surface area contributed by atoms with Crippen molar-refractivity contribution in [3.63, 3.8) is 0 Å². The number of carbonyl (C=O) groups is 2. The largest absolute Gasteiger partial charge is 0.573 e. The van der Waals surface area contributed by atoms with Gasteiger partial charge in [-0.2, -0.15) is 0 Å². The number of fused-ring (bicyclic) bond motifs is 1. The van der Waals surface area contributed by atoms with Gasteiger partial charge in [0.05, 0.1) is 5.41 Å². The number of nitrogens with one attached hydrogen (secondary N) is 2. The molecule has 0 spiro atoms. The average molecular weight is 483 g/mol. The molecule has 0 aromatic heterocycles. The SMILES string of the molecule is [NH]C(=O)c1ccc(-c2cc(NC(=O)C3(c4ccc5c(c4)OCO5)CC3)ccc2OC(F)(F)F)cc1. The van der Waals surface area contributed by atoms with E-state index in [1.807, 2.05) is 0 Å². The van der Waals surface area contributed by atoms with E-state index in [1.165, 1.54) is 36.4 Å². The van der Waals surface area contributed by atoms with Crippen LogP contribution in [-0.4, -0.2) is 25.0 Å². The van der Waals surface area contributed by atoms with Crippen LogP contribution >= 0.6 is 0 Å². The standard InChI is InChI=1S/C25H18F3N2O5/c26-25(27,28)35-19-8-6-17(12-18(19)14-1-3-15(4-2-14)22(29)31)30-23(32)24(9-10-24)16-5-7-20-21(11-16)34-13-33-20/h1-8,11-12,29H,9-10,13H2,(H,30,32). The Bertz CT molecular complexity index is 1320. The Kier molecular flexibility index (Phi) is 5.31. The molecule has 1 aliphatic heterocycles. The molecule has 2 aliphatic rings. The van der Waals surface area contributed by atoms with Crippen molar-refractivity contribution in [2.75, 3.05) is 12.1 Å². The highest BCUT2D eigenvalue weighted by molar-refractivity contribution is 6.02. The lowest BCUT2D eigenvalue weighted by Crippen LogP contribution is -2.27. The predicted molar refractivity (Wildman–Crippen MR) is 118 cm³/mol. The van der Waals surface area contributed by atoms with Gasteiger partial charge in [-0.1, -0.05) is 18.2 Å². The van der Waals surface area contributed by atoms with E-state index in [2.05, 4.69) is 10.1 Å². The topological polar surface area (TPSA) is 97.7 Å². The molecular weight excluding hydrogens is 465 g/mol. The van der Waals surface area contributed by atoms with E-state index in [0.29, 0.717) is 29.9 Å². The normalized spacial score (nSPS) is 15.4. The quantitative estimate of drug-likeness (QED) is 0.528. The van der Waals surface area contributed by atoms with Crippen molar-refractivity contribution in [2.45, 2.75) is 24.6 Å². The molecular formula is C25H18F3N2O5. The van der Waals surface area contributed by atoms with Crippen molar-refractivity contribution in [3.8, 4) is 28.4 Å². The highest BCUT2D eigenvalue weighted by Crippen LogP contribution is 2.51. The molecule has 2 N–H and O–H groups in total. The van der Waals surface area contributed by atoms with Crippen LogP contribution in [0, 0.1) is 0 Å². The number of carbonyl (C=O) groups excluding carboxylic acids is 2. The lowest BCUT2D eigenvalue weighted by atomic mass is 9.94. The molecule has 179 valence electrons. The third-order valence-corrected chi connectivity index (χ3v) is 6.03. The van der Waals surface area contributed by atoms with E-state index in [-0.39, 0.29) is 29.5 Å². The van der Waals surface area contributed by atoms with Crippen molar-refractivity contribution < 1.29 is 37.0 Å². The first-order valence-corrected chi connectivity index (χ1v) is 10.6. The van der Waals surface area contributed by atoms with Crippen LogP contribution in [-0.2, 0) is 10.2 Å². The molecule has 0 bridgehead atoms. The highest BCUT2D eigenvalue weighted by Gasteiger charge is 2.51. The molecule has 0 atom stereocenters. The summed E-state index contributed by atoms with van der Waals surface area (Å²) in [5.74, 6) is -0.498. The van der Waals surface area contributed by atoms with Gasteiger partial charge in [-0.3, -0.25) is 15.3 Å². The molecule has 3 aromatic carbocycles. The maximum Gasteiger partial charge on any atom is 0.573 e. The van der Waals surface area contributed by atoms with E-state index in [4.69, 9.17) is 15.2 Å². The van der Waals surface area contributed by atoms with Crippen LogP contribution < -0.4 is 25.3 Å². The fraction of sp³-hybridized carbons (Fsp3) is 0.200. The van der Waals surface area contributed by atoms with E-state index in [9.17, 15) is 22.8 Å². The van der Waals surface area contributed by atoms with Gasteiger partial charge in [0, 0.05) is 16.8 Å². The summed E-state index contributed by atoms with van der Waals surface area (Å²) in [6.07, 6.45) is -3.69. The van der Waals surface area contributed by atoms with Crippen molar-refractivity contribution in [1.82, 2.24) is 5.73 Å². The van der Waals surface area contributed by atoms with Crippen LogP contribution in [0.1, 0.15) is 28.8 Å². The Balaban J connectivity index is 1.44. The molecule has 1 radical (unpaired) electrons. The molecule has 7 nitrogen and oxygen atoms in total. The van der Waals surface area contributed by atoms with Gasteiger partial charge < -0.3 is 19.5 Å². The number of hydrogen-bond donors (Lipinski definition) is 1. The summed E-state index contributed by atoms with van der Waals surface area (Å²) < 4.78 is 53.9. The van der Waals surface area contributed by atoms with Gasteiger partial charge in [0.1, 0.15) is 5.75 Å². The maximum atomic E-state index is 13.2. The fourth-order valence-electron chi connectivity index (χ4n) is 4.06. The summed E-state index contributed by atoms with van der Waals surface area (Å²) in [6, 6.07) is 14.7. The summed E-state index contributed by atoms with van der Waals surface area (Å²) in [6.45, 7) is 0.115. The van der Waals surface area contributed by atoms with Crippen molar-refractivity contribution in [2.24, 2.45) is 0 Å². The van der Waals surface area contributed by atoms with Gasteiger partial charge >= 0.3 is 6.36 Å². The van der Waals surface area contributed by atoms with Gasteiger partial charge in [0.15, 0.2) is 11.5 Å². The molecule has 1 heterocycles.